The number of esters is 1. The van der Waals surface area contributed by atoms with E-state index in [4.69, 9.17) is 0 Å². The van der Waals surface area contributed by atoms with Gasteiger partial charge in [-0.15, -0.1) is 0 Å². The van der Waals surface area contributed by atoms with Crippen LogP contribution in [0.5, 0.6) is 0 Å². The van der Waals surface area contributed by atoms with Crippen LogP contribution in [0.15, 0.2) is 16.6 Å². The quantitative estimate of drug-likeness (QED) is 0.640. The molecule has 0 saturated heterocycles. The van der Waals surface area contributed by atoms with Crippen molar-refractivity contribution in [2.45, 2.75) is 6.61 Å². The van der Waals surface area contributed by atoms with Crippen LogP contribution in [0.2, 0.25) is 0 Å². The Morgan fingerprint density at radius 3 is 3.00 bits per heavy atom. The van der Waals surface area contributed by atoms with E-state index >= 15 is 0 Å². The van der Waals surface area contributed by atoms with E-state index in [9.17, 15) is 9.18 Å². The molecule has 0 aromatic heterocycles. The minimum atomic E-state index is -0.448. The number of hydrogen-bond acceptors (Lipinski definition) is 2. The van der Waals surface area contributed by atoms with Crippen LogP contribution in [0, 0.1) is 5.82 Å². The average molecular weight is 231 g/mol. The van der Waals surface area contributed by atoms with Crippen LogP contribution in [0.3, 0.4) is 0 Å². The second-order valence-corrected chi connectivity index (χ2v) is 3.32. The summed E-state index contributed by atoms with van der Waals surface area (Å²) in [4.78, 5) is 10.9. The second-order valence-electron chi connectivity index (χ2n) is 2.46. The summed E-state index contributed by atoms with van der Waals surface area (Å²) in [5, 5.41) is 0. The molecule has 0 aliphatic carbocycles. The standard InChI is InChI=1S/C8H4BrFO2/c9-6-2-1-4-5(7(6)10)3-12-8(4)11/h1-2H,3H2. The van der Waals surface area contributed by atoms with E-state index in [0.29, 0.717) is 15.6 Å². The van der Waals surface area contributed by atoms with E-state index in [1.807, 2.05) is 0 Å². The molecule has 2 rings (SSSR count). The topological polar surface area (TPSA) is 26.3 Å². The summed E-state index contributed by atoms with van der Waals surface area (Å²) in [5.41, 5.74) is 0.671. The van der Waals surface area contributed by atoms with E-state index in [1.165, 1.54) is 6.07 Å². The number of halogens is 2. The van der Waals surface area contributed by atoms with Crippen LogP contribution in [0.25, 0.3) is 0 Å². The van der Waals surface area contributed by atoms with Gasteiger partial charge in [-0.3, -0.25) is 0 Å². The highest BCUT2D eigenvalue weighted by molar-refractivity contribution is 9.10. The van der Waals surface area contributed by atoms with Gasteiger partial charge >= 0.3 is 5.97 Å². The van der Waals surface area contributed by atoms with Gasteiger partial charge in [-0.05, 0) is 28.1 Å². The molecule has 0 N–H and O–H groups in total. The molecular formula is C8H4BrFO2. The molecule has 2 nitrogen and oxygen atoms in total. The lowest BCUT2D eigenvalue weighted by molar-refractivity contribution is 0.0534. The van der Waals surface area contributed by atoms with Crippen LogP contribution < -0.4 is 0 Å². The molecule has 0 amide bonds. The molecular weight excluding hydrogens is 227 g/mol. The Labute approximate surface area is 76.5 Å². The van der Waals surface area contributed by atoms with Gasteiger partial charge in [0.15, 0.2) is 0 Å². The predicted octanol–water partition coefficient (Wildman–Crippen LogP) is 2.26. The molecule has 12 heavy (non-hydrogen) atoms. The summed E-state index contributed by atoms with van der Waals surface area (Å²) < 4.78 is 18.2. The van der Waals surface area contributed by atoms with Crippen molar-refractivity contribution in [3.63, 3.8) is 0 Å². The highest BCUT2D eigenvalue weighted by Gasteiger charge is 2.25. The van der Waals surface area contributed by atoms with E-state index in [1.54, 1.807) is 6.07 Å². The molecule has 1 aromatic carbocycles. The van der Waals surface area contributed by atoms with Crippen molar-refractivity contribution in [3.05, 3.63) is 33.5 Å². The largest absolute Gasteiger partial charge is 0.457 e. The molecule has 1 aromatic rings. The Balaban J connectivity index is 2.68. The summed E-state index contributed by atoms with van der Waals surface area (Å²) in [7, 11) is 0. The van der Waals surface area contributed by atoms with Crippen molar-refractivity contribution >= 4 is 21.9 Å². The molecule has 1 aliphatic rings. The predicted molar refractivity (Wildman–Crippen MR) is 43.2 cm³/mol. The van der Waals surface area contributed by atoms with Gasteiger partial charge in [-0.2, -0.15) is 0 Å². The van der Waals surface area contributed by atoms with Gasteiger partial charge in [0, 0.05) is 5.56 Å². The molecule has 1 aliphatic heterocycles. The normalized spacial score (nSPS) is 14.3. The fourth-order valence-electron chi connectivity index (χ4n) is 1.14. The monoisotopic (exact) mass is 230 g/mol. The molecule has 0 atom stereocenters. The summed E-state index contributed by atoms with van der Waals surface area (Å²) in [6.07, 6.45) is 0. The zero-order chi connectivity index (χ0) is 8.72. The Morgan fingerprint density at radius 1 is 1.50 bits per heavy atom. The average Bonchev–Trinajstić information content (AvgIpc) is 2.41. The molecule has 0 unspecified atom stereocenters. The first-order chi connectivity index (χ1) is 5.70. The van der Waals surface area contributed by atoms with Crippen LogP contribution in [0.1, 0.15) is 15.9 Å². The number of carbonyl (C=O) groups is 1. The first-order valence-electron chi connectivity index (χ1n) is 3.34. The zero-order valence-corrected chi connectivity index (χ0v) is 7.52. The maximum absolute atomic E-state index is 13.2. The Bertz CT molecular complexity index is 362. The van der Waals surface area contributed by atoms with Gasteiger partial charge in [0.2, 0.25) is 0 Å². The van der Waals surface area contributed by atoms with Crippen molar-refractivity contribution in [2.75, 3.05) is 0 Å². The smallest absolute Gasteiger partial charge is 0.338 e. The molecule has 62 valence electrons. The van der Waals surface area contributed by atoms with Crippen LogP contribution in [-0.4, -0.2) is 5.97 Å². The molecule has 0 spiro atoms. The Kier molecular flexibility index (Phi) is 1.65. The Hall–Kier alpha value is -0.900. The van der Waals surface area contributed by atoms with E-state index in [0.717, 1.165) is 0 Å². The van der Waals surface area contributed by atoms with Gasteiger partial charge in [0.25, 0.3) is 0 Å². The van der Waals surface area contributed by atoms with Crippen molar-refractivity contribution in [3.8, 4) is 0 Å². The fraction of sp³-hybridized carbons (Fsp3) is 0.125. The Morgan fingerprint density at radius 2 is 2.25 bits per heavy atom. The number of fused-ring (bicyclic) bond motifs is 1. The van der Waals surface area contributed by atoms with Crippen LogP contribution in [-0.2, 0) is 11.3 Å². The molecule has 0 fully saturated rings. The van der Waals surface area contributed by atoms with Gasteiger partial charge < -0.3 is 4.74 Å². The van der Waals surface area contributed by atoms with Crippen LogP contribution in [0.4, 0.5) is 4.39 Å². The third kappa shape index (κ3) is 0.948. The lowest BCUT2D eigenvalue weighted by atomic mass is 10.1. The number of hydrogen-bond donors (Lipinski definition) is 0. The van der Waals surface area contributed by atoms with Gasteiger partial charge in [-0.1, -0.05) is 0 Å². The second kappa shape index (κ2) is 2.55. The summed E-state index contributed by atoms with van der Waals surface area (Å²) in [6, 6.07) is 3.05. The highest BCUT2D eigenvalue weighted by atomic mass is 79.9. The highest BCUT2D eigenvalue weighted by Crippen LogP contribution is 2.27. The molecule has 1 heterocycles. The molecule has 0 bridgehead atoms. The molecule has 0 saturated carbocycles. The van der Waals surface area contributed by atoms with E-state index < -0.39 is 11.8 Å². The van der Waals surface area contributed by atoms with Crippen LogP contribution >= 0.6 is 15.9 Å². The van der Waals surface area contributed by atoms with Gasteiger partial charge in [0.05, 0.1) is 10.0 Å². The maximum atomic E-state index is 13.2. The maximum Gasteiger partial charge on any atom is 0.338 e. The third-order valence-electron chi connectivity index (χ3n) is 1.76. The summed E-state index contributed by atoms with van der Waals surface area (Å²) >= 11 is 3.03. The van der Waals surface area contributed by atoms with Crippen molar-refractivity contribution in [1.82, 2.24) is 0 Å². The number of ether oxygens (including phenoxy) is 1. The fourth-order valence-corrected chi connectivity index (χ4v) is 1.51. The minimum absolute atomic E-state index is 0.0411. The lowest BCUT2D eigenvalue weighted by Gasteiger charge is -1.97. The van der Waals surface area contributed by atoms with Crippen molar-refractivity contribution < 1.29 is 13.9 Å². The number of cyclic esters (lactones) is 1. The molecule has 4 heteroatoms. The number of rotatable bonds is 0. The van der Waals surface area contributed by atoms with E-state index in [-0.39, 0.29) is 6.61 Å². The van der Waals surface area contributed by atoms with Gasteiger partial charge in [-0.25, -0.2) is 9.18 Å². The van der Waals surface area contributed by atoms with Crippen molar-refractivity contribution in [1.29, 1.82) is 0 Å². The molecule has 0 radical (unpaired) electrons. The first kappa shape index (κ1) is 7.73. The van der Waals surface area contributed by atoms with Crippen molar-refractivity contribution in [2.24, 2.45) is 0 Å². The minimum Gasteiger partial charge on any atom is -0.457 e. The van der Waals surface area contributed by atoms with E-state index in [2.05, 4.69) is 20.7 Å². The third-order valence-corrected chi connectivity index (χ3v) is 2.38. The summed E-state index contributed by atoms with van der Waals surface area (Å²) in [6.45, 7) is 0.0411. The number of benzene rings is 1. The SMILES string of the molecule is O=C1OCc2c1ccc(Br)c2F. The van der Waals surface area contributed by atoms with Gasteiger partial charge in [0.1, 0.15) is 12.4 Å². The first-order valence-corrected chi connectivity index (χ1v) is 4.13. The number of carbonyl (C=O) groups excluding carboxylic acids is 1. The lowest BCUT2D eigenvalue weighted by Crippen LogP contribution is -1.94. The summed E-state index contributed by atoms with van der Waals surface area (Å²) in [5.74, 6) is -0.852. The zero-order valence-electron chi connectivity index (χ0n) is 5.93.